The van der Waals surface area contributed by atoms with Crippen molar-refractivity contribution in [1.29, 1.82) is 0 Å². The molecule has 23 heavy (non-hydrogen) atoms. The quantitative estimate of drug-likeness (QED) is 0.664. The number of aryl methyl sites for hydroxylation is 2. The van der Waals surface area contributed by atoms with Crippen molar-refractivity contribution in [3.8, 4) is 0 Å². The van der Waals surface area contributed by atoms with E-state index in [1.165, 1.54) is 11.1 Å². The van der Waals surface area contributed by atoms with Crippen LogP contribution >= 0.6 is 0 Å². The minimum Gasteiger partial charge on any atom is -0.267 e. The van der Waals surface area contributed by atoms with Crippen LogP contribution in [0.15, 0.2) is 47.6 Å². The highest BCUT2D eigenvalue weighted by atomic mass is 16.2. The van der Waals surface area contributed by atoms with Gasteiger partial charge in [0.05, 0.1) is 6.21 Å². The summed E-state index contributed by atoms with van der Waals surface area (Å²) in [6.45, 7) is 10.5. The normalized spacial score (nSPS) is 11.7. The summed E-state index contributed by atoms with van der Waals surface area (Å²) in [5.41, 5.74) is 7.81. The Balaban J connectivity index is 2.03. The van der Waals surface area contributed by atoms with Crippen LogP contribution in [0.1, 0.15) is 53.4 Å². The number of hydrogen-bond acceptors (Lipinski definition) is 2. The number of nitrogens with zero attached hydrogens (tertiary/aromatic N) is 1. The van der Waals surface area contributed by atoms with Gasteiger partial charge < -0.3 is 0 Å². The predicted octanol–water partition coefficient (Wildman–Crippen LogP) is 4.36. The van der Waals surface area contributed by atoms with Crippen molar-refractivity contribution in [1.82, 2.24) is 5.43 Å². The summed E-state index contributed by atoms with van der Waals surface area (Å²) >= 11 is 0. The SMILES string of the molecule is Cc1ccc(C=NNC(=O)c2ccc(C(C)(C)C)cc2)c(C)c1. The Morgan fingerprint density at radius 1 is 1.04 bits per heavy atom. The van der Waals surface area contributed by atoms with E-state index in [9.17, 15) is 4.79 Å². The van der Waals surface area contributed by atoms with E-state index in [0.717, 1.165) is 11.1 Å². The average molecular weight is 308 g/mol. The first-order chi connectivity index (χ1) is 10.8. The molecule has 3 nitrogen and oxygen atoms in total. The fraction of sp³-hybridized carbons (Fsp3) is 0.300. The van der Waals surface area contributed by atoms with Crippen LogP contribution in [-0.4, -0.2) is 12.1 Å². The second kappa shape index (κ2) is 6.78. The molecule has 0 fully saturated rings. The zero-order valence-electron chi connectivity index (χ0n) is 14.5. The Labute approximate surface area is 138 Å². The number of carbonyl (C=O) groups is 1. The number of nitrogens with one attached hydrogen (secondary N) is 1. The van der Waals surface area contributed by atoms with Gasteiger partial charge >= 0.3 is 0 Å². The van der Waals surface area contributed by atoms with Gasteiger partial charge in [-0.2, -0.15) is 5.10 Å². The molecule has 0 saturated carbocycles. The van der Waals surface area contributed by atoms with Crippen LogP contribution in [0.3, 0.4) is 0 Å². The van der Waals surface area contributed by atoms with Gasteiger partial charge in [-0.25, -0.2) is 5.43 Å². The number of benzene rings is 2. The molecule has 1 amide bonds. The first kappa shape index (κ1) is 16.9. The van der Waals surface area contributed by atoms with Crippen molar-refractivity contribution >= 4 is 12.1 Å². The van der Waals surface area contributed by atoms with Crippen LogP contribution in [0.5, 0.6) is 0 Å². The highest BCUT2D eigenvalue weighted by Crippen LogP contribution is 2.22. The van der Waals surface area contributed by atoms with Crippen LogP contribution in [-0.2, 0) is 5.41 Å². The first-order valence-electron chi connectivity index (χ1n) is 7.78. The molecule has 2 rings (SSSR count). The maximum atomic E-state index is 12.1. The fourth-order valence-electron chi connectivity index (χ4n) is 2.32. The molecule has 3 heteroatoms. The van der Waals surface area contributed by atoms with E-state index in [4.69, 9.17) is 0 Å². The Hall–Kier alpha value is -2.42. The summed E-state index contributed by atoms with van der Waals surface area (Å²) < 4.78 is 0. The number of hydrogen-bond donors (Lipinski definition) is 1. The molecule has 0 bridgehead atoms. The van der Waals surface area contributed by atoms with E-state index in [0.29, 0.717) is 5.56 Å². The summed E-state index contributed by atoms with van der Waals surface area (Å²) in [5, 5.41) is 4.06. The molecule has 0 aromatic heterocycles. The number of hydrazone groups is 1. The summed E-state index contributed by atoms with van der Waals surface area (Å²) in [4.78, 5) is 12.1. The largest absolute Gasteiger partial charge is 0.271 e. The highest BCUT2D eigenvalue weighted by molar-refractivity contribution is 5.95. The monoisotopic (exact) mass is 308 g/mol. The molecule has 2 aromatic rings. The van der Waals surface area contributed by atoms with Crippen molar-refractivity contribution < 1.29 is 4.79 Å². The molecular formula is C20H24N2O. The van der Waals surface area contributed by atoms with Gasteiger partial charge in [-0.15, -0.1) is 0 Å². The molecule has 0 saturated heterocycles. The van der Waals surface area contributed by atoms with Gasteiger partial charge in [-0.1, -0.05) is 56.7 Å². The van der Waals surface area contributed by atoms with Crippen molar-refractivity contribution in [2.24, 2.45) is 5.10 Å². The zero-order chi connectivity index (χ0) is 17.0. The van der Waals surface area contributed by atoms with Gasteiger partial charge in [0.25, 0.3) is 5.91 Å². The van der Waals surface area contributed by atoms with Gasteiger partial charge in [0.1, 0.15) is 0 Å². The first-order valence-corrected chi connectivity index (χ1v) is 7.78. The summed E-state index contributed by atoms with van der Waals surface area (Å²) in [5.74, 6) is -0.202. The third-order valence-electron chi connectivity index (χ3n) is 3.81. The summed E-state index contributed by atoms with van der Waals surface area (Å²) in [6, 6.07) is 13.8. The predicted molar refractivity (Wildman–Crippen MR) is 96.1 cm³/mol. The zero-order valence-corrected chi connectivity index (χ0v) is 14.5. The number of rotatable bonds is 3. The topological polar surface area (TPSA) is 41.5 Å². The summed E-state index contributed by atoms with van der Waals surface area (Å²) in [7, 11) is 0. The lowest BCUT2D eigenvalue weighted by Crippen LogP contribution is -2.18. The lowest BCUT2D eigenvalue weighted by molar-refractivity contribution is 0.0955. The second-order valence-corrected chi connectivity index (χ2v) is 6.89. The van der Waals surface area contributed by atoms with Crippen molar-refractivity contribution in [3.05, 3.63) is 70.3 Å². The van der Waals surface area contributed by atoms with Crippen molar-refractivity contribution in [2.75, 3.05) is 0 Å². The van der Waals surface area contributed by atoms with Crippen molar-refractivity contribution in [3.63, 3.8) is 0 Å². The Bertz CT molecular complexity index is 722. The van der Waals surface area contributed by atoms with E-state index in [1.807, 2.05) is 43.3 Å². The number of carbonyl (C=O) groups excluding carboxylic acids is 1. The van der Waals surface area contributed by atoms with E-state index in [-0.39, 0.29) is 11.3 Å². The molecule has 1 N–H and O–H groups in total. The fourth-order valence-corrected chi connectivity index (χ4v) is 2.32. The van der Waals surface area contributed by atoms with Crippen molar-refractivity contribution in [2.45, 2.75) is 40.0 Å². The lowest BCUT2D eigenvalue weighted by Gasteiger charge is -2.18. The molecule has 2 aromatic carbocycles. The molecule has 0 spiro atoms. The minimum absolute atomic E-state index is 0.0795. The van der Waals surface area contributed by atoms with Crippen LogP contribution in [0.25, 0.3) is 0 Å². The van der Waals surface area contributed by atoms with Gasteiger partial charge in [-0.3, -0.25) is 4.79 Å². The van der Waals surface area contributed by atoms with Gasteiger partial charge in [0, 0.05) is 5.56 Å². The lowest BCUT2D eigenvalue weighted by atomic mass is 9.87. The van der Waals surface area contributed by atoms with Crippen LogP contribution in [0.4, 0.5) is 0 Å². The van der Waals surface area contributed by atoms with Gasteiger partial charge in [0.15, 0.2) is 0 Å². The Morgan fingerprint density at radius 2 is 1.70 bits per heavy atom. The van der Waals surface area contributed by atoms with Crippen LogP contribution in [0.2, 0.25) is 0 Å². The molecule has 0 aliphatic heterocycles. The Morgan fingerprint density at radius 3 is 2.26 bits per heavy atom. The van der Waals surface area contributed by atoms with E-state index >= 15 is 0 Å². The van der Waals surface area contributed by atoms with Crippen LogP contribution in [0, 0.1) is 13.8 Å². The van der Waals surface area contributed by atoms with E-state index < -0.39 is 0 Å². The second-order valence-electron chi connectivity index (χ2n) is 6.89. The molecule has 0 unspecified atom stereocenters. The third-order valence-corrected chi connectivity index (χ3v) is 3.81. The third kappa shape index (κ3) is 4.52. The molecular weight excluding hydrogens is 284 g/mol. The van der Waals surface area contributed by atoms with Crippen LogP contribution < -0.4 is 5.43 Å². The summed E-state index contributed by atoms with van der Waals surface area (Å²) in [6.07, 6.45) is 1.68. The molecule has 120 valence electrons. The minimum atomic E-state index is -0.202. The molecule has 0 aliphatic rings. The maximum Gasteiger partial charge on any atom is 0.271 e. The standard InChI is InChI=1S/C20H24N2O/c1-14-6-7-17(15(2)12-14)13-21-22-19(23)16-8-10-18(11-9-16)20(3,4)5/h6-13H,1-5H3,(H,22,23). The Kier molecular flexibility index (Phi) is 4.99. The molecule has 0 aliphatic carbocycles. The molecule has 0 heterocycles. The van der Waals surface area contributed by atoms with Gasteiger partial charge in [-0.05, 0) is 48.1 Å². The molecule has 0 radical (unpaired) electrons. The van der Waals surface area contributed by atoms with E-state index in [2.05, 4.69) is 44.3 Å². The van der Waals surface area contributed by atoms with E-state index in [1.54, 1.807) is 6.21 Å². The van der Waals surface area contributed by atoms with Gasteiger partial charge in [0.2, 0.25) is 0 Å². The number of amides is 1. The molecule has 0 atom stereocenters. The average Bonchev–Trinajstić information content (AvgIpc) is 2.48. The maximum absolute atomic E-state index is 12.1. The highest BCUT2D eigenvalue weighted by Gasteiger charge is 2.14. The smallest absolute Gasteiger partial charge is 0.267 e.